The molecule has 4 aromatic rings. The van der Waals surface area contributed by atoms with Crippen molar-refractivity contribution in [3.8, 4) is 28.7 Å². The van der Waals surface area contributed by atoms with Crippen molar-refractivity contribution in [3.63, 3.8) is 0 Å². The molecule has 0 bridgehead atoms. The molecule has 2 aliphatic heterocycles. The Bertz CT molecular complexity index is 2520. The van der Waals surface area contributed by atoms with Gasteiger partial charge in [-0.05, 0) is 95.1 Å². The van der Waals surface area contributed by atoms with E-state index in [1.165, 1.54) is 122 Å². The van der Waals surface area contributed by atoms with Crippen LogP contribution in [0, 0.1) is 0 Å². The molecule has 0 unspecified atom stereocenters. The Hall–Kier alpha value is -7.56. The molecular weight excluding hydrogens is 909 g/mol. The van der Waals surface area contributed by atoms with Gasteiger partial charge in [-0.25, -0.2) is 19.2 Å². The van der Waals surface area contributed by atoms with E-state index < -0.39 is 98.5 Å². The fourth-order valence-corrected chi connectivity index (χ4v) is 6.75. The lowest BCUT2D eigenvalue weighted by Gasteiger charge is -2.43. The third-order valence-electron chi connectivity index (χ3n) is 10.4. The molecule has 20 heteroatoms. The summed E-state index contributed by atoms with van der Waals surface area (Å²) in [7, 11) is 1.34. The molecule has 0 spiro atoms. The van der Waals surface area contributed by atoms with Crippen molar-refractivity contribution < 1.29 is 97.9 Å². The number of hydrogen-bond acceptors (Lipinski definition) is 20. The number of rotatable bonds is 18. The lowest BCUT2D eigenvalue weighted by Crippen LogP contribution is -2.63. The maximum Gasteiger partial charge on any atom is 0.331 e. The van der Waals surface area contributed by atoms with Crippen LogP contribution in [0.4, 0.5) is 0 Å². The van der Waals surface area contributed by atoms with E-state index in [1.54, 1.807) is 0 Å². The third kappa shape index (κ3) is 14.0. The van der Waals surface area contributed by atoms with E-state index in [2.05, 4.69) is 0 Å². The molecular formula is C49H48O20. The smallest absolute Gasteiger partial charge is 0.331 e. The van der Waals surface area contributed by atoms with Crippen molar-refractivity contribution in [2.75, 3.05) is 26.9 Å². The first-order valence-corrected chi connectivity index (χ1v) is 20.9. The Labute approximate surface area is 393 Å². The number of benzene rings is 4. The van der Waals surface area contributed by atoms with Crippen LogP contribution in [0.5, 0.6) is 28.7 Å². The summed E-state index contributed by atoms with van der Waals surface area (Å²) in [5.74, 6) is -6.87. The molecule has 0 aliphatic carbocycles. The number of carbonyl (C=O) groups is 4. The van der Waals surface area contributed by atoms with Gasteiger partial charge in [-0.15, -0.1) is 0 Å². The number of hydrogen-bond donors (Lipinski definition) is 8. The Morgan fingerprint density at radius 2 is 1.00 bits per heavy atom. The summed E-state index contributed by atoms with van der Waals surface area (Å²) >= 11 is 0. The molecule has 20 nitrogen and oxygen atoms in total. The van der Waals surface area contributed by atoms with Gasteiger partial charge in [0, 0.05) is 24.3 Å². The van der Waals surface area contributed by atoms with Crippen molar-refractivity contribution in [1.29, 1.82) is 0 Å². The average molecular weight is 957 g/mol. The number of esters is 4. The summed E-state index contributed by atoms with van der Waals surface area (Å²) in [5.41, 5.74) is 1.85. The summed E-state index contributed by atoms with van der Waals surface area (Å²) in [4.78, 5) is 52.4. The zero-order chi connectivity index (χ0) is 49.7. The Kier molecular flexibility index (Phi) is 17.3. The number of ether oxygens (including phenoxy) is 8. The van der Waals surface area contributed by atoms with Gasteiger partial charge < -0.3 is 78.7 Å². The van der Waals surface area contributed by atoms with Gasteiger partial charge in [0.1, 0.15) is 73.7 Å². The Balaban J connectivity index is 1.27. The zero-order valence-corrected chi connectivity index (χ0v) is 36.5. The second-order valence-corrected chi connectivity index (χ2v) is 15.4. The van der Waals surface area contributed by atoms with Gasteiger partial charge >= 0.3 is 23.9 Å². The molecule has 0 radical (unpaired) electrons. The molecule has 4 aromatic carbocycles. The summed E-state index contributed by atoms with van der Waals surface area (Å²) in [6.45, 7) is -2.57. The summed E-state index contributed by atoms with van der Waals surface area (Å²) < 4.78 is 45.0. The third-order valence-corrected chi connectivity index (χ3v) is 10.4. The molecule has 2 fully saturated rings. The van der Waals surface area contributed by atoms with Crippen LogP contribution in [0.25, 0.3) is 24.3 Å². The van der Waals surface area contributed by atoms with Crippen LogP contribution in [0.1, 0.15) is 22.3 Å². The molecule has 8 N–H and O–H groups in total. The van der Waals surface area contributed by atoms with Gasteiger partial charge in [-0.2, -0.15) is 0 Å². The monoisotopic (exact) mass is 956 g/mol. The molecule has 364 valence electrons. The van der Waals surface area contributed by atoms with Crippen LogP contribution in [0.2, 0.25) is 0 Å². The van der Waals surface area contributed by atoms with Crippen LogP contribution in [-0.4, -0.2) is 146 Å². The van der Waals surface area contributed by atoms with Crippen LogP contribution in [-0.2, 0) is 52.3 Å². The molecule has 69 heavy (non-hydrogen) atoms. The van der Waals surface area contributed by atoms with Gasteiger partial charge in [0.15, 0.2) is 23.9 Å². The molecule has 0 saturated carbocycles. The standard InChI is InChI=1S/C49H48O20/c1-62-36-24-31(8-19-35(36)53)12-22-40(55)63-25-37-43(58)45(60)46(61)48(66-37)69-49(27-65-41(56)21-10-29-4-15-33(51)16-5-29)47(67-42(57)23-11-30-6-17-34(52)18-7-30)44(59)38(68-49)26-64-39(54)20-9-28-2-13-32(50)14-3-28/h2-24,37-38,43-48,50-53,58-61H,25-27H2,1H3/b20-9+,21-10+,22-12+,23-11+/t37-,38-,43-,44-,45+,46-,47+,48-,49+/m1/s1. The van der Waals surface area contributed by atoms with Crippen LogP contribution in [0.15, 0.2) is 115 Å². The summed E-state index contributed by atoms with van der Waals surface area (Å²) in [6.07, 6.45) is -6.19. The quantitative estimate of drug-likeness (QED) is 0.0404. The van der Waals surface area contributed by atoms with E-state index in [0.29, 0.717) is 22.3 Å². The largest absolute Gasteiger partial charge is 0.508 e. The lowest BCUT2D eigenvalue weighted by molar-refractivity contribution is -0.383. The minimum Gasteiger partial charge on any atom is -0.508 e. The minimum atomic E-state index is -2.69. The first-order chi connectivity index (χ1) is 33.0. The predicted octanol–water partition coefficient (Wildman–Crippen LogP) is 2.49. The van der Waals surface area contributed by atoms with Gasteiger partial charge in [0.2, 0.25) is 5.79 Å². The van der Waals surface area contributed by atoms with Crippen LogP contribution in [0.3, 0.4) is 0 Å². The second-order valence-electron chi connectivity index (χ2n) is 15.4. The van der Waals surface area contributed by atoms with E-state index in [4.69, 9.17) is 37.9 Å². The second kappa shape index (κ2) is 23.4. The molecule has 2 saturated heterocycles. The number of aliphatic hydroxyl groups is 4. The van der Waals surface area contributed by atoms with Crippen molar-refractivity contribution in [2.24, 2.45) is 0 Å². The number of phenolic OH excluding ortho intramolecular Hbond substituents is 4. The molecule has 0 amide bonds. The van der Waals surface area contributed by atoms with E-state index in [9.17, 15) is 60.0 Å². The normalized spacial score (nSPS) is 24.7. The maximum atomic E-state index is 13.5. The minimum absolute atomic E-state index is 0.00809. The molecule has 9 atom stereocenters. The van der Waals surface area contributed by atoms with Crippen molar-refractivity contribution >= 4 is 48.2 Å². The SMILES string of the molecule is COc1cc(/C=C/C(=O)OC[C@H]2O[C@H](O[C@]3(COC(=O)/C=C/c4ccc(O)cc4)O[C@H](COC(=O)/C=C/c4ccc(O)cc4)[C@@H](O)[C@@H]3OC(=O)/C=C/c3ccc(O)cc3)[C@H](O)[C@@H](O)[C@@H]2O)ccc1O. The van der Waals surface area contributed by atoms with Gasteiger partial charge in [-0.3, -0.25) is 0 Å². The van der Waals surface area contributed by atoms with Gasteiger partial charge in [-0.1, -0.05) is 42.5 Å². The molecule has 6 rings (SSSR count). The summed E-state index contributed by atoms with van der Waals surface area (Å²) in [5, 5.41) is 83.7. The first kappa shape index (κ1) is 50.8. The van der Waals surface area contributed by atoms with Gasteiger partial charge in [0.25, 0.3) is 0 Å². The van der Waals surface area contributed by atoms with Crippen molar-refractivity contribution in [3.05, 3.63) is 138 Å². The molecule has 2 aliphatic rings. The lowest BCUT2D eigenvalue weighted by atomic mass is 9.98. The van der Waals surface area contributed by atoms with E-state index >= 15 is 0 Å². The maximum absolute atomic E-state index is 13.5. The predicted molar refractivity (Wildman–Crippen MR) is 239 cm³/mol. The number of carbonyl (C=O) groups excluding carboxylic acids is 4. The van der Waals surface area contributed by atoms with Gasteiger partial charge in [0.05, 0.1) is 7.11 Å². The van der Waals surface area contributed by atoms with Crippen LogP contribution < -0.4 is 4.74 Å². The van der Waals surface area contributed by atoms with E-state index in [-0.39, 0.29) is 28.7 Å². The number of methoxy groups -OCH3 is 1. The van der Waals surface area contributed by atoms with Crippen LogP contribution >= 0.6 is 0 Å². The van der Waals surface area contributed by atoms with E-state index in [0.717, 1.165) is 24.3 Å². The first-order valence-electron chi connectivity index (χ1n) is 20.9. The van der Waals surface area contributed by atoms with E-state index in [1.807, 2.05) is 0 Å². The number of phenols is 4. The average Bonchev–Trinajstić information content (AvgIpc) is 3.59. The van der Waals surface area contributed by atoms with Crippen molar-refractivity contribution in [2.45, 2.75) is 54.8 Å². The topological polar surface area (TPSA) is 304 Å². The molecule has 0 aromatic heterocycles. The zero-order valence-electron chi connectivity index (χ0n) is 36.5. The highest BCUT2D eigenvalue weighted by molar-refractivity contribution is 5.89. The molecule has 2 heterocycles. The fourth-order valence-electron chi connectivity index (χ4n) is 6.75. The highest BCUT2D eigenvalue weighted by atomic mass is 16.8. The highest BCUT2D eigenvalue weighted by Crippen LogP contribution is 2.39. The summed E-state index contributed by atoms with van der Waals surface area (Å²) in [6, 6.07) is 21.5. The Morgan fingerprint density at radius 3 is 1.51 bits per heavy atom. The number of aromatic hydroxyl groups is 4. The fraction of sp³-hybridized carbons (Fsp3) is 0.265. The Morgan fingerprint density at radius 1 is 0.551 bits per heavy atom. The number of aliphatic hydroxyl groups excluding tert-OH is 4. The highest BCUT2D eigenvalue weighted by Gasteiger charge is 2.62. The van der Waals surface area contributed by atoms with Crippen molar-refractivity contribution in [1.82, 2.24) is 0 Å².